The van der Waals surface area contributed by atoms with Gasteiger partial charge in [-0.3, -0.25) is 0 Å². The third-order valence-corrected chi connectivity index (χ3v) is 4.05. The van der Waals surface area contributed by atoms with Crippen LogP contribution in [0.25, 0.3) is 32.7 Å². The summed E-state index contributed by atoms with van der Waals surface area (Å²) in [6.45, 7) is 0.0833. The first-order chi connectivity index (χ1) is 13.5. The number of rotatable bonds is 2. The fraction of sp³-hybridized carbons (Fsp3) is 0.167. The number of carboxylic acids is 1. The lowest BCUT2D eigenvalue weighted by Gasteiger charge is -2.10. The van der Waals surface area contributed by atoms with Crippen LogP contribution in [-0.2, 0) is 4.79 Å². The summed E-state index contributed by atoms with van der Waals surface area (Å²) < 4.78 is 9.87. The SMILES string of the molecule is C[NH+](C)CC(=O)[O-].O=c1oc2c(O)c(O)cc3c(=O)oc4c(O)c(O)cc1c4c23. The van der Waals surface area contributed by atoms with Crippen molar-refractivity contribution in [2.24, 2.45) is 0 Å². The molecule has 0 aliphatic heterocycles. The zero-order valence-electron chi connectivity index (χ0n) is 15.1. The van der Waals surface area contributed by atoms with E-state index >= 15 is 0 Å². The minimum atomic E-state index is -1.000. The fourth-order valence-corrected chi connectivity index (χ4v) is 2.87. The van der Waals surface area contributed by atoms with E-state index in [0.29, 0.717) is 0 Å². The Balaban J connectivity index is 0.000000298. The summed E-state index contributed by atoms with van der Waals surface area (Å²) in [6.07, 6.45) is 0. The molecular formula is C18H15NO10. The largest absolute Gasteiger partial charge is 0.544 e. The molecule has 4 aromatic rings. The summed E-state index contributed by atoms with van der Waals surface area (Å²) in [5.74, 6) is -3.75. The minimum absolute atomic E-state index is 0.00597. The molecular weight excluding hydrogens is 390 g/mol. The molecule has 0 radical (unpaired) electrons. The summed E-state index contributed by atoms with van der Waals surface area (Å²) in [5, 5.41) is 48.3. The molecule has 152 valence electrons. The second kappa shape index (κ2) is 6.87. The van der Waals surface area contributed by atoms with Crippen LogP contribution in [0.1, 0.15) is 0 Å². The number of phenolic OH excluding ortho intramolecular Hbond substituents is 4. The molecule has 4 rings (SSSR count). The van der Waals surface area contributed by atoms with E-state index in [-0.39, 0.29) is 28.1 Å². The number of aliphatic carboxylic acids is 1. The normalized spacial score (nSPS) is 11.3. The van der Waals surface area contributed by atoms with Crippen molar-refractivity contribution in [1.82, 2.24) is 0 Å². The maximum absolute atomic E-state index is 12.0. The Bertz CT molecular complexity index is 1270. The molecule has 0 unspecified atom stereocenters. The third kappa shape index (κ3) is 3.23. The van der Waals surface area contributed by atoms with Crippen molar-refractivity contribution in [3.05, 3.63) is 33.0 Å². The lowest BCUT2D eigenvalue weighted by molar-refractivity contribution is -0.852. The van der Waals surface area contributed by atoms with Gasteiger partial charge in [0, 0.05) is 10.8 Å². The highest BCUT2D eigenvalue weighted by Gasteiger charge is 2.24. The maximum atomic E-state index is 12.0. The summed E-state index contributed by atoms with van der Waals surface area (Å²) in [5.41, 5.74) is -2.70. The van der Waals surface area contributed by atoms with Gasteiger partial charge in [-0.05, 0) is 12.1 Å². The van der Waals surface area contributed by atoms with Crippen LogP contribution in [-0.4, -0.2) is 47.0 Å². The van der Waals surface area contributed by atoms with Gasteiger partial charge >= 0.3 is 11.3 Å². The predicted octanol–water partition coefficient (Wildman–Crippen LogP) is -1.81. The summed E-state index contributed by atoms with van der Waals surface area (Å²) in [6, 6.07) is 1.93. The number of carbonyl (C=O) groups is 1. The Morgan fingerprint density at radius 3 is 1.55 bits per heavy atom. The first kappa shape index (κ1) is 19.8. The molecule has 0 aliphatic rings. The van der Waals surface area contributed by atoms with Crippen LogP contribution in [0.3, 0.4) is 0 Å². The molecule has 0 aliphatic carbocycles. The molecule has 29 heavy (non-hydrogen) atoms. The first-order valence-electron chi connectivity index (χ1n) is 8.14. The van der Waals surface area contributed by atoms with E-state index in [1.165, 1.54) is 0 Å². The molecule has 0 amide bonds. The minimum Gasteiger partial charge on any atom is -0.544 e. The van der Waals surface area contributed by atoms with E-state index in [4.69, 9.17) is 8.83 Å². The Hall–Kier alpha value is -3.99. The molecule has 0 saturated heterocycles. The van der Waals surface area contributed by atoms with Crippen molar-refractivity contribution < 1.29 is 44.1 Å². The van der Waals surface area contributed by atoms with E-state index in [2.05, 4.69) is 0 Å². The number of benzene rings is 2. The van der Waals surface area contributed by atoms with Crippen molar-refractivity contribution in [2.45, 2.75) is 0 Å². The number of likely N-dealkylation sites (N-methyl/N-ethyl adjacent to an activating group) is 1. The van der Waals surface area contributed by atoms with Gasteiger partial charge in [0.25, 0.3) is 0 Å². The van der Waals surface area contributed by atoms with Gasteiger partial charge in [0.05, 0.1) is 30.8 Å². The van der Waals surface area contributed by atoms with E-state index < -0.39 is 51.4 Å². The third-order valence-electron chi connectivity index (χ3n) is 4.05. The van der Waals surface area contributed by atoms with Crippen molar-refractivity contribution in [2.75, 3.05) is 20.6 Å². The Labute approximate surface area is 160 Å². The van der Waals surface area contributed by atoms with Gasteiger partial charge in [-0.1, -0.05) is 0 Å². The summed E-state index contributed by atoms with van der Waals surface area (Å²) in [7, 11) is 3.52. The quantitative estimate of drug-likeness (QED) is 0.145. The molecule has 2 aromatic heterocycles. The second-order valence-corrected chi connectivity index (χ2v) is 6.53. The number of quaternary nitrogens is 1. The van der Waals surface area contributed by atoms with Gasteiger partial charge in [-0.25, -0.2) is 9.59 Å². The van der Waals surface area contributed by atoms with Crippen molar-refractivity contribution in [3.8, 4) is 23.0 Å². The number of aromatic hydroxyl groups is 4. The van der Waals surface area contributed by atoms with Gasteiger partial charge in [-0.2, -0.15) is 0 Å². The van der Waals surface area contributed by atoms with E-state index in [9.17, 15) is 39.9 Å². The molecule has 11 heteroatoms. The van der Waals surface area contributed by atoms with E-state index in [1.54, 1.807) is 14.1 Å². The highest BCUT2D eigenvalue weighted by Crippen LogP contribution is 2.44. The van der Waals surface area contributed by atoms with Gasteiger partial charge in [0.2, 0.25) is 11.5 Å². The number of hydrogen-bond acceptors (Lipinski definition) is 10. The zero-order chi connectivity index (χ0) is 21.6. The molecule has 0 fully saturated rings. The highest BCUT2D eigenvalue weighted by molar-refractivity contribution is 6.22. The summed E-state index contributed by atoms with van der Waals surface area (Å²) >= 11 is 0. The molecule has 2 aromatic carbocycles. The van der Waals surface area contributed by atoms with Crippen LogP contribution < -0.4 is 21.3 Å². The molecule has 0 atom stereocenters. The monoisotopic (exact) mass is 405 g/mol. The van der Waals surface area contributed by atoms with Gasteiger partial charge in [0.15, 0.2) is 22.7 Å². The van der Waals surface area contributed by atoms with E-state index in [0.717, 1.165) is 17.0 Å². The molecule has 0 saturated carbocycles. The molecule has 0 spiro atoms. The Morgan fingerprint density at radius 2 is 1.28 bits per heavy atom. The number of carbonyl (C=O) groups excluding carboxylic acids is 1. The number of hydrogen-bond donors (Lipinski definition) is 5. The highest BCUT2D eigenvalue weighted by atomic mass is 16.4. The molecule has 0 bridgehead atoms. The molecule has 5 N–H and O–H groups in total. The second-order valence-electron chi connectivity index (χ2n) is 6.53. The number of carboxylic acid groups (broad SMARTS) is 1. The number of phenols is 4. The average Bonchev–Trinajstić information content (AvgIpc) is 2.61. The van der Waals surface area contributed by atoms with E-state index in [1.807, 2.05) is 0 Å². The van der Waals surface area contributed by atoms with Gasteiger partial charge < -0.3 is 44.1 Å². The lowest BCUT2D eigenvalue weighted by Crippen LogP contribution is -3.07. The predicted molar refractivity (Wildman–Crippen MR) is 96.6 cm³/mol. The Kier molecular flexibility index (Phi) is 4.68. The topological polar surface area (TPSA) is 186 Å². The summed E-state index contributed by atoms with van der Waals surface area (Å²) in [4.78, 5) is 34.5. The standard InChI is InChI=1S/C14H6O8.C4H9NO2/c15-5-1-3-7-8-4(14(20)22-11(7)9(5)17)2-6(16)10(18)12(8)21-13(3)19;1-5(2)3-4(6)7/h1-2,15-18H;3H2,1-2H3,(H,6,7). The van der Waals surface area contributed by atoms with Crippen LogP contribution in [0.15, 0.2) is 30.6 Å². The lowest BCUT2D eigenvalue weighted by atomic mass is 10.0. The van der Waals surface area contributed by atoms with Crippen molar-refractivity contribution in [1.29, 1.82) is 0 Å². The van der Waals surface area contributed by atoms with Crippen LogP contribution >= 0.6 is 0 Å². The van der Waals surface area contributed by atoms with Crippen LogP contribution in [0.4, 0.5) is 0 Å². The van der Waals surface area contributed by atoms with Crippen molar-refractivity contribution >= 4 is 38.7 Å². The van der Waals surface area contributed by atoms with Crippen LogP contribution in [0.5, 0.6) is 23.0 Å². The molecule has 11 nitrogen and oxygen atoms in total. The smallest absolute Gasteiger partial charge is 0.344 e. The first-order valence-corrected chi connectivity index (χ1v) is 8.14. The van der Waals surface area contributed by atoms with Gasteiger partial charge in [-0.15, -0.1) is 0 Å². The number of nitrogens with one attached hydrogen (secondary N) is 1. The van der Waals surface area contributed by atoms with Crippen LogP contribution in [0.2, 0.25) is 0 Å². The fourth-order valence-electron chi connectivity index (χ4n) is 2.87. The molecule has 2 heterocycles. The van der Waals surface area contributed by atoms with Crippen molar-refractivity contribution in [3.63, 3.8) is 0 Å². The maximum Gasteiger partial charge on any atom is 0.344 e. The van der Waals surface area contributed by atoms with Gasteiger partial charge in [0.1, 0.15) is 6.54 Å². The zero-order valence-corrected chi connectivity index (χ0v) is 15.1. The average molecular weight is 405 g/mol. The Morgan fingerprint density at radius 1 is 0.897 bits per heavy atom. The van der Waals surface area contributed by atoms with Crippen LogP contribution in [0, 0.1) is 0 Å².